The Morgan fingerprint density at radius 3 is 2.69 bits per heavy atom. The molecule has 0 radical (unpaired) electrons. The fourth-order valence-electron chi connectivity index (χ4n) is 3.31. The van der Waals surface area contributed by atoms with Crippen LogP contribution in [0.3, 0.4) is 0 Å². The summed E-state index contributed by atoms with van der Waals surface area (Å²) >= 11 is 0. The van der Waals surface area contributed by atoms with E-state index < -0.39 is 23.4 Å². The van der Waals surface area contributed by atoms with Crippen molar-refractivity contribution in [3.63, 3.8) is 0 Å². The number of fused-ring (bicyclic) bond motifs is 1. The first-order valence-electron chi connectivity index (χ1n) is 8.66. The van der Waals surface area contributed by atoms with E-state index in [0.29, 0.717) is 11.6 Å². The number of amides is 4. The van der Waals surface area contributed by atoms with Gasteiger partial charge < -0.3 is 15.2 Å². The number of benzene rings is 1. The lowest BCUT2D eigenvalue weighted by Crippen LogP contribution is -2.41. The molecular weight excluding hydrogens is 334 g/mol. The van der Waals surface area contributed by atoms with E-state index >= 15 is 0 Å². The number of carbonyl (C=O) groups excluding carboxylic acids is 3. The Balaban J connectivity index is 1.49. The van der Waals surface area contributed by atoms with E-state index in [-0.39, 0.29) is 6.54 Å². The van der Waals surface area contributed by atoms with Crippen molar-refractivity contribution >= 4 is 34.6 Å². The Hall–Kier alpha value is -2.90. The van der Waals surface area contributed by atoms with Gasteiger partial charge in [0.1, 0.15) is 17.9 Å². The van der Waals surface area contributed by atoms with Crippen LogP contribution in [0, 0.1) is 0 Å². The van der Waals surface area contributed by atoms with Crippen LogP contribution >= 0.6 is 0 Å². The summed E-state index contributed by atoms with van der Waals surface area (Å²) in [6.07, 6.45) is 2.34. The monoisotopic (exact) mass is 355 g/mol. The van der Waals surface area contributed by atoms with Crippen molar-refractivity contribution in [1.82, 2.24) is 19.8 Å². The molecule has 2 aromatic rings. The summed E-state index contributed by atoms with van der Waals surface area (Å²) in [4.78, 5) is 41.9. The van der Waals surface area contributed by atoms with Crippen LogP contribution in [0.1, 0.15) is 38.4 Å². The van der Waals surface area contributed by atoms with E-state index in [1.54, 1.807) is 19.9 Å². The first-order valence-corrected chi connectivity index (χ1v) is 8.66. The zero-order valence-corrected chi connectivity index (χ0v) is 15.0. The number of nitrogens with one attached hydrogen (secondary N) is 2. The number of urea groups is 1. The standard InChI is InChI=1S/C18H21N5O3/c1-18(2)16(25)23(17(26)21-18)9-14(24)19-11-6-7-13-12(8-11)20-15(22(13)3)10-4-5-10/h6-8,10H,4-5,9H2,1-3H3,(H,19,24)(H,21,26). The number of anilines is 1. The molecule has 1 aliphatic carbocycles. The highest BCUT2D eigenvalue weighted by molar-refractivity contribution is 6.09. The normalized spacial score (nSPS) is 19.1. The second kappa shape index (κ2) is 5.55. The summed E-state index contributed by atoms with van der Waals surface area (Å²) < 4.78 is 2.09. The molecule has 1 aromatic heterocycles. The fourth-order valence-corrected chi connectivity index (χ4v) is 3.31. The van der Waals surface area contributed by atoms with Crippen molar-refractivity contribution in [2.75, 3.05) is 11.9 Å². The van der Waals surface area contributed by atoms with E-state index in [1.807, 2.05) is 19.2 Å². The van der Waals surface area contributed by atoms with Crippen LogP contribution in [0.5, 0.6) is 0 Å². The lowest BCUT2D eigenvalue weighted by molar-refractivity contribution is -0.132. The van der Waals surface area contributed by atoms with Crippen LogP contribution < -0.4 is 10.6 Å². The van der Waals surface area contributed by atoms with Gasteiger partial charge in [0.2, 0.25) is 5.91 Å². The Morgan fingerprint density at radius 2 is 2.08 bits per heavy atom. The zero-order chi connectivity index (χ0) is 18.6. The van der Waals surface area contributed by atoms with Crippen molar-refractivity contribution in [3.8, 4) is 0 Å². The Labute approximate surface area is 150 Å². The summed E-state index contributed by atoms with van der Waals surface area (Å²) in [5, 5.41) is 5.30. The van der Waals surface area contributed by atoms with Gasteiger partial charge in [-0.05, 0) is 44.9 Å². The lowest BCUT2D eigenvalue weighted by Gasteiger charge is -2.15. The Bertz CT molecular complexity index is 942. The highest BCUT2D eigenvalue weighted by Crippen LogP contribution is 2.40. The molecule has 8 nitrogen and oxygen atoms in total. The van der Waals surface area contributed by atoms with Gasteiger partial charge in [-0.25, -0.2) is 9.78 Å². The molecule has 1 aromatic carbocycles. The summed E-state index contributed by atoms with van der Waals surface area (Å²) in [7, 11) is 2.00. The number of hydrogen-bond donors (Lipinski definition) is 2. The first kappa shape index (κ1) is 16.6. The highest BCUT2D eigenvalue weighted by atomic mass is 16.2. The molecular formula is C18H21N5O3. The van der Waals surface area contributed by atoms with Gasteiger partial charge in [-0.1, -0.05) is 0 Å². The molecule has 0 atom stereocenters. The first-order chi connectivity index (χ1) is 12.3. The van der Waals surface area contributed by atoms with Gasteiger partial charge in [-0.15, -0.1) is 0 Å². The number of hydrogen-bond acceptors (Lipinski definition) is 4. The van der Waals surface area contributed by atoms with Crippen LogP contribution in [0.4, 0.5) is 10.5 Å². The minimum absolute atomic E-state index is 0.318. The molecule has 2 fully saturated rings. The molecule has 0 bridgehead atoms. The summed E-state index contributed by atoms with van der Waals surface area (Å²) in [5.74, 6) is 0.773. The molecule has 2 heterocycles. The van der Waals surface area contributed by atoms with Gasteiger partial charge in [0.05, 0.1) is 11.0 Å². The predicted molar refractivity (Wildman–Crippen MR) is 95.6 cm³/mol. The minimum Gasteiger partial charge on any atom is -0.331 e. The number of imidazole rings is 1. The predicted octanol–water partition coefficient (Wildman–Crippen LogP) is 1.72. The molecule has 4 rings (SSSR count). The molecule has 2 aliphatic rings. The number of aromatic nitrogens is 2. The average molecular weight is 355 g/mol. The third-order valence-electron chi connectivity index (χ3n) is 4.89. The third kappa shape index (κ3) is 2.71. The maximum Gasteiger partial charge on any atom is 0.325 e. The second-order valence-electron chi connectivity index (χ2n) is 7.50. The van der Waals surface area contributed by atoms with Gasteiger partial charge in [0.15, 0.2) is 0 Å². The number of nitrogens with zero attached hydrogens (tertiary/aromatic N) is 3. The maximum atomic E-state index is 12.3. The van der Waals surface area contributed by atoms with Gasteiger partial charge >= 0.3 is 6.03 Å². The van der Waals surface area contributed by atoms with Crippen LogP contribution in [-0.2, 0) is 16.6 Å². The molecule has 136 valence electrons. The van der Waals surface area contributed by atoms with Crippen molar-refractivity contribution in [3.05, 3.63) is 24.0 Å². The average Bonchev–Trinajstić information content (AvgIpc) is 3.32. The molecule has 2 N–H and O–H groups in total. The van der Waals surface area contributed by atoms with Gasteiger partial charge in [0.25, 0.3) is 5.91 Å². The second-order valence-corrected chi connectivity index (χ2v) is 7.50. The quantitative estimate of drug-likeness (QED) is 0.816. The van der Waals surface area contributed by atoms with Crippen molar-refractivity contribution < 1.29 is 14.4 Å². The molecule has 1 aliphatic heterocycles. The molecule has 26 heavy (non-hydrogen) atoms. The molecule has 0 spiro atoms. The number of rotatable bonds is 4. The molecule has 1 saturated heterocycles. The van der Waals surface area contributed by atoms with Crippen molar-refractivity contribution in [2.24, 2.45) is 7.05 Å². The van der Waals surface area contributed by atoms with Gasteiger partial charge in [-0.2, -0.15) is 0 Å². The van der Waals surface area contributed by atoms with Crippen LogP contribution in [-0.4, -0.2) is 44.4 Å². The molecule has 0 unspecified atom stereocenters. The van der Waals surface area contributed by atoms with E-state index in [9.17, 15) is 14.4 Å². The number of carbonyl (C=O) groups is 3. The molecule has 1 saturated carbocycles. The highest BCUT2D eigenvalue weighted by Gasteiger charge is 2.44. The third-order valence-corrected chi connectivity index (χ3v) is 4.89. The van der Waals surface area contributed by atoms with E-state index in [1.165, 1.54) is 12.8 Å². The van der Waals surface area contributed by atoms with Gasteiger partial charge in [0, 0.05) is 18.7 Å². The topological polar surface area (TPSA) is 96.3 Å². The van der Waals surface area contributed by atoms with E-state index in [2.05, 4.69) is 20.2 Å². The fraction of sp³-hybridized carbons (Fsp3) is 0.444. The minimum atomic E-state index is -0.983. The maximum absolute atomic E-state index is 12.3. The van der Waals surface area contributed by atoms with Crippen LogP contribution in [0.15, 0.2) is 18.2 Å². The van der Waals surface area contributed by atoms with Crippen molar-refractivity contribution in [2.45, 2.75) is 38.1 Å². The lowest BCUT2D eigenvalue weighted by atomic mass is 10.1. The largest absolute Gasteiger partial charge is 0.331 e. The SMILES string of the molecule is Cn1c(C2CC2)nc2cc(NC(=O)CN3C(=O)NC(C)(C)C3=O)ccc21. The summed E-state index contributed by atoms with van der Waals surface area (Å²) in [6.45, 7) is 2.90. The number of imide groups is 1. The summed E-state index contributed by atoms with van der Waals surface area (Å²) in [5.41, 5.74) is 1.45. The van der Waals surface area contributed by atoms with Crippen molar-refractivity contribution in [1.29, 1.82) is 0 Å². The Kier molecular flexibility index (Phi) is 3.54. The van der Waals surface area contributed by atoms with Crippen LogP contribution in [0.2, 0.25) is 0 Å². The number of aryl methyl sites for hydroxylation is 1. The smallest absolute Gasteiger partial charge is 0.325 e. The van der Waals surface area contributed by atoms with Crippen LogP contribution in [0.25, 0.3) is 11.0 Å². The molecule has 4 amide bonds. The molecule has 8 heteroatoms. The zero-order valence-electron chi connectivity index (χ0n) is 15.0. The summed E-state index contributed by atoms with van der Waals surface area (Å²) in [6, 6.07) is 4.98. The van der Waals surface area contributed by atoms with E-state index in [4.69, 9.17) is 0 Å². The Morgan fingerprint density at radius 1 is 1.35 bits per heavy atom. The van der Waals surface area contributed by atoms with E-state index in [0.717, 1.165) is 21.8 Å². The van der Waals surface area contributed by atoms with Gasteiger partial charge in [-0.3, -0.25) is 14.5 Å².